The fraction of sp³-hybridized carbons (Fsp3) is 0.161. The van der Waals surface area contributed by atoms with Gasteiger partial charge in [0.15, 0.2) is 0 Å². The summed E-state index contributed by atoms with van der Waals surface area (Å²) in [6.07, 6.45) is 0. The third kappa shape index (κ3) is 4.31. The molecule has 0 amide bonds. The fourth-order valence-electron chi connectivity index (χ4n) is 4.78. The molecule has 5 rings (SSSR count). The summed E-state index contributed by atoms with van der Waals surface area (Å²) in [6.45, 7) is 4.24. The number of hydrogen-bond acceptors (Lipinski definition) is 4. The van der Waals surface area contributed by atoms with Gasteiger partial charge in [-0.3, -0.25) is 0 Å². The van der Waals surface area contributed by atoms with Gasteiger partial charge in [0, 0.05) is 0 Å². The van der Waals surface area contributed by atoms with Crippen LogP contribution < -0.4 is 0 Å². The van der Waals surface area contributed by atoms with Gasteiger partial charge in [-0.2, -0.15) is 0 Å². The Bertz CT molecular complexity index is 1350. The maximum atomic E-state index is 13.0. The van der Waals surface area contributed by atoms with E-state index in [1.54, 1.807) is 11.8 Å². The zero-order valence-corrected chi connectivity index (χ0v) is 21.2. The van der Waals surface area contributed by atoms with Gasteiger partial charge in [0.1, 0.15) is 0 Å². The molecule has 36 heavy (non-hydrogen) atoms. The van der Waals surface area contributed by atoms with E-state index >= 15 is 0 Å². The summed E-state index contributed by atoms with van der Waals surface area (Å²) >= 11 is 1.79. The van der Waals surface area contributed by atoms with Crippen molar-refractivity contribution in [2.45, 2.75) is 24.0 Å². The Hall–Kier alpha value is -3.83. The molecule has 5 heteroatoms. The minimum Gasteiger partial charge on any atom is -0.460 e. The minimum atomic E-state index is -0.527. The molecule has 0 aliphatic rings. The van der Waals surface area contributed by atoms with E-state index in [4.69, 9.17) is 4.74 Å². The molecule has 0 spiro atoms. The van der Waals surface area contributed by atoms with Gasteiger partial charge in [-0.05, 0) is 42.7 Å². The number of carbonyl (C=O) groups excluding carboxylic acids is 1. The third-order valence-electron chi connectivity index (χ3n) is 6.31. The molecule has 180 valence electrons. The van der Waals surface area contributed by atoms with Crippen LogP contribution >= 0.6 is 11.8 Å². The second-order valence-corrected chi connectivity index (χ2v) is 10.0. The van der Waals surface area contributed by atoms with E-state index in [1.807, 2.05) is 54.0 Å². The molecule has 0 N–H and O–H groups in total. The average molecular weight is 493 g/mol. The molecule has 0 fully saturated rings. The molecule has 5 aromatic rings. The average Bonchev–Trinajstić information content (AvgIpc) is 3.33. The molecule has 0 aliphatic heterocycles. The van der Waals surface area contributed by atoms with Crippen molar-refractivity contribution >= 4 is 28.8 Å². The van der Waals surface area contributed by atoms with Crippen molar-refractivity contribution in [1.29, 1.82) is 0 Å². The molecule has 1 heterocycles. The number of hydrogen-bond donors (Lipinski definition) is 0. The van der Waals surface area contributed by atoms with Gasteiger partial charge in [-0.15, -0.1) is 11.8 Å². The van der Waals surface area contributed by atoms with E-state index in [0.29, 0.717) is 12.4 Å². The van der Waals surface area contributed by atoms with Gasteiger partial charge in [0.05, 0.1) is 27.8 Å². The van der Waals surface area contributed by atoms with E-state index in [1.165, 1.54) is 16.7 Å². The number of imidazole rings is 1. The molecule has 1 atom stereocenters. The first-order valence-electron chi connectivity index (χ1n) is 12.1. The van der Waals surface area contributed by atoms with Gasteiger partial charge in [-0.25, -0.2) is 9.78 Å². The Morgan fingerprint density at radius 1 is 0.806 bits per heavy atom. The van der Waals surface area contributed by atoms with E-state index < -0.39 is 10.7 Å². The van der Waals surface area contributed by atoms with Crippen molar-refractivity contribution in [3.8, 4) is 0 Å². The Morgan fingerprint density at radius 2 is 1.28 bits per heavy atom. The highest BCUT2D eigenvalue weighted by atomic mass is 32.2. The van der Waals surface area contributed by atoms with Gasteiger partial charge in [0.2, 0.25) is 5.82 Å². The van der Waals surface area contributed by atoms with Crippen LogP contribution in [0.25, 0.3) is 11.0 Å². The predicted octanol–water partition coefficient (Wildman–Crippen LogP) is 7.46. The molecular formula is C31H28N2O2S. The van der Waals surface area contributed by atoms with Gasteiger partial charge >= 0.3 is 5.97 Å². The number of fused-ring (bicyclic) bond motifs is 1. The van der Waals surface area contributed by atoms with Crippen LogP contribution in [0.3, 0.4) is 0 Å². The maximum Gasteiger partial charge on any atom is 0.374 e. The third-order valence-corrected chi connectivity index (χ3v) is 7.92. The number of thioether (sulfide) groups is 1. The maximum absolute atomic E-state index is 13.0. The van der Waals surface area contributed by atoms with Crippen LogP contribution in [0.15, 0.2) is 115 Å². The first kappa shape index (κ1) is 23.9. The minimum absolute atomic E-state index is 0.155. The molecule has 0 saturated carbocycles. The fourth-order valence-corrected chi connectivity index (χ4v) is 6.43. The number of carbonyl (C=O) groups is 1. The topological polar surface area (TPSA) is 44.1 Å². The number of nitrogens with zero attached hydrogens (tertiary/aromatic N) is 2. The standard InChI is InChI=1S/C31H28N2O2S/c1-3-35-30(34)29-32-27-21-13-14-22-28(27)33(29)23(2)36-31(24-15-7-4-8-16-24,25-17-9-5-10-18-25)26-19-11-6-12-20-26/h4-23H,3H2,1-2H3. The number of ether oxygens (including phenoxy) is 1. The first-order valence-corrected chi connectivity index (χ1v) is 13.0. The smallest absolute Gasteiger partial charge is 0.374 e. The van der Waals surface area contributed by atoms with E-state index in [-0.39, 0.29) is 5.37 Å². The van der Waals surface area contributed by atoms with Crippen molar-refractivity contribution < 1.29 is 9.53 Å². The molecule has 1 unspecified atom stereocenters. The van der Waals surface area contributed by atoms with E-state index in [0.717, 1.165) is 11.0 Å². The van der Waals surface area contributed by atoms with Crippen LogP contribution in [0.4, 0.5) is 0 Å². The quantitative estimate of drug-likeness (QED) is 0.167. The Morgan fingerprint density at radius 3 is 1.78 bits per heavy atom. The lowest BCUT2D eigenvalue weighted by molar-refractivity contribution is 0.0507. The summed E-state index contributed by atoms with van der Waals surface area (Å²) < 4.78 is 6.89. The van der Waals surface area contributed by atoms with Crippen molar-refractivity contribution in [1.82, 2.24) is 9.55 Å². The molecule has 0 aliphatic carbocycles. The monoisotopic (exact) mass is 492 g/mol. The molecule has 0 saturated heterocycles. The van der Waals surface area contributed by atoms with Gasteiger partial charge < -0.3 is 9.30 Å². The lowest BCUT2D eigenvalue weighted by Gasteiger charge is -2.38. The number of rotatable bonds is 8. The SMILES string of the molecule is CCOC(=O)c1nc2ccccc2n1C(C)SC(c1ccccc1)(c1ccccc1)c1ccccc1. The van der Waals surface area contributed by atoms with Crippen LogP contribution in [0.2, 0.25) is 0 Å². The van der Waals surface area contributed by atoms with E-state index in [2.05, 4.69) is 84.7 Å². The van der Waals surface area contributed by atoms with Crippen LogP contribution in [0.1, 0.15) is 46.5 Å². The molecule has 4 aromatic carbocycles. The van der Waals surface area contributed by atoms with Gasteiger partial charge in [-0.1, -0.05) is 103 Å². The lowest BCUT2D eigenvalue weighted by atomic mass is 9.84. The highest BCUT2D eigenvalue weighted by molar-refractivity contribution is 8.00. The molecular weight excluding hydrogens is 464 g/mol. The van der Waals surface area contributed by atoms with Crippen LogP contribution in [-0.2, 0) is 9.48 Å². The molecule has 0 bridgehead atoms. The molecule has 0 radical (unpaired) electrons. The predicted molar refractivity (Wildman–Crippen MR) is 147 cm³/mol. The lowest BCUT2D eigenvalue weighted by Crippen LogP contribution is -2.28. The summed E-state index contributed by atoms with van der Waals surface area (Å²) in [4.78, 5) is 17.7. The number of esters is 1. The molecule has 1 aromatic heterocycles. The Kier molecular flexibility index (Phi) is 6.92. The normalized spacial score (nSPS) is 12.4. The largest absolute Gasteiger partial charge is 0.460 e. The van der Waals surface area contributed by atoms with Crippen molar-refractivity contribution in [3.63, 3.8) is 0 Å². The summed E-state index contributed by atoms with van der Waals surface area (Å²) in [6, 6.07) is 39.5. The van der Waals surface area contributed by atoms with Crippen molar-refractivity contribution in [2.24, 2.45) is 0 Å². The summed E-state index contributed by atoms with van der Waals surface area (Å²) in [7, 11) is 0. The second kappa shape index (κ2) is 10.4. The highest BCUT2D eigenvalue weighted by Crippen LogP contribution is 2.53. The number of aromatic nitrogens is 2. The summed E-state index contributed by atoms with van der Waals surface area (Å²) in [5.41, 5.74) is 5.19. The summed E-state index contributed by atoms with van der Waals surface area (Å²) in [5, 5.41) is -0.155. The van der Waals surface area contributed by atoms with Crippen molar-refractivity contribution in [2.75, 3.05) is 6.61 Å². The summed E-state index contributed by atoms with van der Waals surface area (Å²) in [5.74, 6) is -0.0907. The van der Waals surface area contributed by atoms with Crippen molar-refractivity contribution in [3.05, 3.63) is 138 Å². The number of para-hydroxylation sites is 2. The Labute approximate surface area is 216 Å². The highest BCUT2D eigenvalue weighted by Gasteiger charge is 2.40. The zero-order chi connectivity index (χ0) is 25.0. The van der Waals surface area contributed by atoms with Crippen LogP contribution in [0, 0.1) is 0 Å². The first-order chi connectivity index (χ1) is 17.6. The van der Waals surface area contributed by atoms with Gasteiger partial charge in [0.25, 0.3) is 0 Å². The Balaban J connectivity index is 1.74. The second-order valence-electron chi connectivity index (χ2n) is 8.51. The zero-order valence-electron chi connectivity index (χ0n) is 20.4. The van der Waals surface area contributed by atoms with Crippen LogP contribution in [0.5, 0.6) is 0 Å². The van der Waals surface area contributed by atoms with E-state index in [9.17, 15) is 4.79 Å². The van der Waals surface area contributed by atoms with Crippen LogP contribution in [-0.4, -0.2) is 22.1 Å². The number of benzene rings is 4. The molecule has 4 nitrogen and oxygen atoms in total.